The van der Waals surface area contributed by atoms with E-state index in [4.69, 9.17) is 0 Å². The topological polar surface area (TPSA) is 29.1 Å². The van der Waals surface area contributed by atoms with Gasteiger partial charge in [-0.05, 0) is 57.0 Å². The SMILES string of the molecule is Cc1ccc(Br)c(C(=O)NCc2cc(Br)cs2)c1. The normalized spacial score (nSPS) is 10.4. The van der Waals surface area contributed by atoms with Crippen LogP contribution in [0.15, 0.2) is 38.6 Å². The molecule has 18 heavy (non-hydrogen) atoms. The van der Waals surface area contributed by atoms with Crippen LogP contribution in [0.1, 0.15) is 20.8 Å². The lowest BCUT2D eigenvalue weighted by Crippen LogP contribution is -2.22. The van der Waals surface area contributed by atoms with E-state index in [1.54, 1.807) is 11.3 Å². The fourth-order valence-corrected chi connectivity index (χ4v) is 3.34. The van der Waals surface area contributed by atoms with Crippen molar-refractivity contribution >= 4 is 49.1 Å². The molecule has 0 aliphatic carbocycles. The molecule has 2 nitrogen and oxygen atoms in total. The second-order valence-electron chi connectivity index (χ2n) is 3.90. The highest BCUT2D eigenvalue weighted by Crippen LogP contribution is 2.21. The van der Waals surface area contributed by atoms with Gasteiger partial charge in [0.25, 0.3) is 5.91 Å². The fourth-order valence-electron chi connectivity index (χ4n) is 1.52. The Bertz CT molecular complexity index is 580. The fraction of sp³-hybridized carbons (Fsp3) is 0.154. The van der Waals surface area contributed by atoms with Gasteiger partial charge in [0, 0.05) is 19.2 Å². The predicted octanol–water partition coefficient (Wildman–Crippen LogP) is 4.51. The predicted molar refractivity (Wildman–Crippen MR) is 82.1 cm³/mol. The van der Waals surface area contributed by atoms with Gasteiger partial charge < -0.3 is 5.32 Å². The highest BCUT2D eigenvalue weighted by Gasteiger charge is 2.10. The van der Waals surface area contributed by atoms with Crippen molar-refractivity contribution in [2.45, 2.75) is 13.5 Å². The summed E-state index contributed by atoms with van der Waals surface area (Å²) in [5.74, 6) is -0.0601. The highest BCUT2D eigenvalue weighted by molar-refractivity contribution is 9.10. The summed E-state index contributed by atoms with van der Waals surface area (Å²) in [4.78, 5) is 13.2. The van der Waals surface area contributed by atoms with E-state index in [0.29, 0.717) is 12.1 Å². The van der Waals surface area contributed by atoms with Crippen LogP contribution in [0, 0.1) is 6.92 Å². The van der Waals surface area contributed by atoms with Gasteiger partial charge in [-0.1, -0.05) is 11.6 Å². The number of nitrogens with one attached hydrogen (secondary N) is 1. The maximum atomic E-state index is 12.0. The highest BCUT2D eigenvalue weighted by atomic mass is 79.9. The van der Waals surface area contributed by atoms with Crippen LogP contribution in [-0.2, 0) is 6.54 Å². The molecule has 5 heteroatoms. The van der Waals surface area contributed by atoms with Gasteiger partial charge >= 0.3 is 0 Å². The van der Waals surface area contributed by atoms with E-state index in [9.17, 15) is 4.79 Å². The molecule has 0 aliphatic heterocycles. The van der Waals surface area contributed by atoms with Gasteiger partial charge in [-0.25, -0.2) is 0 Å². The molecule has 0 saturated heterocycles. The summed E-state index contributed by atoms with van der Waals surface area (Å²) in [6.45, 7) is 2.52. The van der Waals surface area contributed by atoms with E-state index in [2.05, 4.69) is 37.2 Å². The monoisotopic (exact) mass is 387 g/mol. The third kappa shape index (κ3) is 3.43. The second-order valence-corrected chi connectivity index (χ2v) is 6.66. The number of benzene rings is 1. The Balaban J connectivity index is 2.05. The first-order chi connectivity index (χ1) is 8.56. The Hall–Kier alpha value is -0.650. The van der Waals surface area contributed by atoms with E-state index in [1.165, 1.54) is 0 Å². The Morgan fingerprint density at radius 2 is 2.11 bits per heavy atom. The van der Waals surface area contributed by atoms with E-state index in [1.807, 2.05) is 36.6 Å². The first kappa shape index (κ1) is 13.8. The van der Waals surface area contributed by atoms with Gasteiger partial charge in [-0.3, -0.25) is 4.79 Å². The Morgan fingerprint density at radius 1 is 1.33 bits per heavy atom. The van der Waals surface area contributed by atoms with E-state index >= 15 is 0 Å². The molecule has 2 rings (SSSR count). The number of halogens is 2. The molecule has 94 valence electrons. The number of carbonyl (C=O) groups is 1. The Labute approximate surface area is 127 Å². The van der Waals surface area contributed by atoms with Crippen LogP contribution in [-0.4, -0.2) is 5.91 Å². The molecular weight excluding hydrogens is 378 g/mol. The lowest BCUT2D eigenvalue weighted by Gasteiger charge is -2.06. The minimum atomic E-state index is -0.0601. The molecule has 1 aromatic carbocycles. The molecular formula is C13H11Br2NOS. The molecule has 0 bridgehead atoms. The number of hydrogen-bond donors (Lipinski definition) is 1. The molecule has 0 atom stereocenters. The molecule has 1 heterocycles. The first-order valence-electron chi connectivity index (χ1n) is 5.33. The maximum absolute atomic E-state index is 12.0. The van der Waals surface area contributed by atoms with Gasteiger partial charge in [-0.2, -0.15) is 0 Å². The van der Waals surface area contributed by atoms with Crippen LogP contribution in [0.3, 0.4) is 0 Å². The first-order valence-corrected chi connectivity index (χ1v) is 7.80. The summed E-state index contributed by atoms with van der Waals surface area (Å²) in [5.41, 5.74) is 1.74. The van der Waals surface area contributed by atoms with Gasteiger partial charge in [-0.15, -0.1) is 11.3 Å². The van der Waals surface area contributed by atoms with E-state index in [-0.39, 0.29) is 5.91 Å². The summed E-state index contributed by atoms with van der Waals surface area (Å²) >= 11 is 8.41. The summed E-state index contributed by atoms with van der Waals surface area (Å²) in [6, 6.07) is 7.75. The van der Waals surface area contributed by atoms with Crippen LogP contribution in [0.5, 0.6) is 0 Å². The quantitative estimate of drug-likeness (QED) is 0.823. The summed E-state index contributed by atoms with van der Waals surface area (Å²) in [6.07, 6.45) is 0. The smallest absolute Gasteiger partial charge is 0.252 e. The minimum absolute atomic E-state index is 0.0601. The molecule has 1 aromatic heterocycles. The maximum Gasteiger partial charge on any atom is 0.252 e. The van der Waals surface area contributed by atoms with Crippen LogP contribution in [0.25, 0.3) is 0 Å². The van der Waals surface area contributed by atoms with Crippen LogP contribution < -0.4 is 5.32 Å². The van der Waals surface area contributed by atoms with Gasteiger partial charge in [0.2, 0.25) is 0 Å². The Morgan fingerprint density at radius 3 is 2.78 bits per heavy atom. The number of amides is 1. The average molecular weight is 389 g/mol. The second kappa shape index (κ2) is 5.99. The van der Waals surface area contributed by atoms with Crippen molar-refractivity contribution in [1.82, 2.24) is 5.32 Å². The van der Waals surface area contributed by atoms with E-state index in [0.717, 1.165) is 19.4 Å². The molecule has 1 N–H and O–H groups in total. The van der Waals surface area contributed by atoms with Crippen LogP contribution in [0.2, 0.25) is 0 Å². The van der Waals surface area contributed by atoms with Crippen LogP contribution in [0.4, 0.5) is 0 Å². The van der Waals surface area contributed by atoms with Crippen molar-refractivity contribution in [1.29, 1.82) is 0 Å². The minimum Gasteiger partial charge on any atom is -0.347 e. The third-order valence-corrected chi connectivity index (χ3v) is 4.80. The lowest BCUT2D eigenvalue weighted by atomic mass is 10.1. The lowest BCUT2D eigenvalue weighted by molar-refractivity contribution is 0.0950. The molecule has 2 aromatic rings. The summed E-state index contributed by atoms with van der Waals surface area (Å²) < 4.78 is 1.87. The molecule has 1 amide bonds. The zero-order chi connectivity index (χ0) is 13.1. The number of aryl methyl sites for hydroxylation is 1. The molecule has 0 aliphatic rings. The number of hydrogen-bond acceptors (Lipinski definition) is 2. The summed E-state index contributed by atoms with van der Waals surface area (Å²) in [7, 11) is 0. The molecule has 0 fully saturated rings. The van der Waals surface area contributed by atoms with Crippen molar-refractivity contribution in [3.05, 3.63) is 54.6 Å². The number of carbonyl (C=O) groups excluding carboxylic acids is 1. The average Bonchev–Trinajstić information content (AvgIpc) is 2.75. The zero-order valence-corrected chi connectivity index (χ0v) is 13.7. The molecule has 0 saturated carbocycles. The largest absolute Gasteiger partial charge is 0.347 e. The number of rotatable bonds is 3. The Kier molecular flexibility index (Phi) is 4.59. The van der Waals surface area contributed by atoms with Gasteiger partial charge in [0.15, 0.2) is 0 Å². The van der Waals surface area contributed by atoms with E-state index < -0.39 is 0 Å². The molecule has 0 radical (unpaired) electrons. The zero-order valence-electron chi connectivity index (χ0n) is 9.67. The van der Waals surface area contributed by atoms with Gasteiger partial charge in [0.1, 0.15) is 0 Å². The van der Waals surface area contributed by atoms with Crippen molar-refractivity contribution in [3.8, 4) is 0 Å². The number of thiophene rings is 1. The van der Waals surface area contributed by atoms with Crippen molar-refractivity contribution in [3.63, 3.8) is 0 Å². The van der Waals surface area contributed by atoms with Crippen LogP contribution >= 0.6 is 43.2 Å². The third-order valence-electron chi connectivity index (χ3n) is 2.41. The molecule has 0 spiro atoms. The van der Waals surface area contributed by atoms with Gasteiger partial charge in [0.05, 0.1) is 12.1 Å². The standard InChI is InChI=1S/C13H11Br2NOS/c1-8-2-3-12(15)11(4-8)13(17)16-6-10-5-9(14)7-18-10/h2-5,7H,6H2,1H3,(H,16,17). The van der Waals surface area contributed by atoms with Crippen molar-refractivity contribution in [2.75, 3.05) is 0 Å². The summed E-state index contributed by atoms with van der Waals surface area (Å²) in [5, 5.41) is 4.92. The molecule has 0 unspecified atom stereocenters. The van der Waals surface area contributed by atoms with Crippen molar-refractivity contribution in [2.24, 2.45) is 0 Å². The van der Waals surface area contributed by atoms with Crippen molar-refractivity contribution < 1.29 is 4.79 Å².